The molecule has 0 aliphatic carbocycles. The van der Waals surface area contributed by atoms with Crippen LogP contribution in [0.2, 0.25) is 0 Å². The van der Waals surface area contributed by atoms with Gasteiger partial charge in [-0.1, -0.05) is 18.2 Å². The Bertz CT molecular complexity index is 1570. The summed E-state index contributed by atoms with van der Waals surface area (Å²) in [4.78, 5) is 26.5. The molecule has 10 nitrogen and oxygen atoms in total. The van der Waals surface area contributed by atoms with Gasteiger partial charge in [0.2, 0.25) is 18.4 Å². The number of nitrogens with one attached hydrogen (secondary N) is 1. The van der Waals surface area contributed by atoms with Crippen LogP contribution in [0.25, 0.3) is 11.0 Å². The largest absolute Gasteiger partial charge is 0.507 e. The molecule has 39 heavy (non-hydrogen) atoms. The third-order valence-corrected chi connectivity index (χ3v) is 6.57. The normalized spacial score (nSPS) is 12.7. The van der Waals surface area contributed by atoms with E-state index < -0.39 is 11.5 Å². The molecule has 1 amide bonds. The molecular formula is C29H27NO9. The highest BCUT2D eigenvalue weighted by atomic mass is 16.7. The molecule has 0 fully saturated rings. The standard InChI is InChI=1S/C29H27NO9/c1-34-23-11-17(12-24(35-2)28(23)36-3)19(26-27(32)18-6-4-5-7-20(18)39-29(26)33)13-25(31)30-14-16-8-9-21-22(10-16)38-15-37-21/h4-12,19,32H,13-15H2,1-3H3,(H,30,31). The van der Waals surface area contributed by atoms with E-state index in [1.165, 1.54) is 21.3 Å². The number of carbonyl (C=O) groups excluding carboxylic acids is 1. The van der Waals surface area contributed by atoms with E-state index in [1.807, 2.05) is 6.07 Å². The lowest BCUT2D eigenvalue weighted by Crippen LogP contribution is -2.26. The van der Waals surface area contributed by atoms with Gasteiger partial charge in [-0.2, -0.15) is 0 Å². The van der Waals surface area contributed by atoms with Crippen molar-refractivity contribution in [3.63, 3.8) is 0 Å². The molecule has 0 saturated carbocycles. The maximum atomic E-state index is 13.3. The summed E-state index contributed by atoms with van der Waals surface area (Å²) >= 11 is 0. The molecule has 1 aliphatic heterocycles. The van der Waals surface area contributed by atoms with Gasteiger partial charge in [0, 0.05) is 18.9 Å². The van der Waals surface area contributed by atoms with Crippen molar-refractivity contribution in [2.75, 3.05) is 28.1 Å². The summed E-state index contributed by atoms with van der Waals surface area (Å²) in [5, 5.41) is 14.5. The van der Waals surface area contributed by atoms with Gasteiger partial charge < -0.3 is 38.5 Å². The molecule has 1 aromatic heterocycles. The van der Waals surface area contributed by atoms with Crippen molar-refractivity contribution in [1.29, 1.82) is 0 Å². The zero-order valence-corrected chi connectivity index (χ0v) is 21.6. The Hall–Kier alpha value is -4.86. The fourth-order valence-corrected chi connectivity index (χ4v) is 4.65. The fraction of sp³-hybridized carbons (Fsp3) is 0.241. The van der Waals surface area contributed by atoms with Gasteiger partial charge in [0.1, 0.15) is 11.3 Å². The zero-order chi connectivity index (χ0) is 27.5. The van der Waals surface area contributed by atoms with E-state index in [9.17, 15) is 14.7 Å². The van der Waals surface area contributed by atoms with E-state index in [2.05, 4.69) is 5.32 Å². The van der Waals surface area contributed by atoms with Crippen LogP contribution in [0.5, 0.6) is 34.5 Å². The Balaban J connectivity index is 1.53. The van der Waals surface area contributed by atoms with Crippen LogP contribution in [0.15, 0.2) is 63.8 Å². The number of benzene rings is 3. The Morgan fingerprint density at radius 2 is 1.69 bits per heavy atom. The van der Waals surface area contributed by atoms with Crippen LogP contribution in [0.4, 0.5) is 0 Å². The highest BCUT2D eigenvalue weighted by Gasteiger charge is 2.29. The molecule has 2 N–H and O–H groups in total. The molecule has 5 rings (SSSR count). The van der Waals surface area contributed by atoms with Crippen molar-refractivity contribution < 1.29 is 38.0 Å². The maximum absolute atomic E-state index is 13.3. The van der Waals surface area contributed by atoms with Gasteiger partial charge >= 0.3 is 5.63 Å². The van der Waals surface area contributed by atoms with E-state index in [4.69, 9.17) is 28.1 Å². The van der Waals surface area contributed by atoms with Crippen molar-refractivity contribution in [1.82, 2.24) is 5.32 Å². The van der Waals surface area contributed by atoms with Gasteiger partial charge in [0.25, 0.3) is 0 Å². The summed E-state index contributed by atoms with van der Waals surface area (Å²) < 4.78 is 32.7. The zero-order valence-electron chi connectivity index (χ0n) is 21.6. The highest BCUT2D eigenvalue weighted by molar-refractivity contribution is 5.85. The van der Waals surface area contributed by atoms with Crippen LogP contribution in [-0.2, 0) is 11.3 Å². The summed E-state index contributed by atoms with van der Waals surface area (Å²) in [6.45, 7) is 0.370. The smallest absolute Gasteiger partial charge is 0.343 e. The Labute approximate surface area is 223 Å². The average Bonchev–Trinajstić information content (AvgIpc) is 3.42. The number of fused-ring (bicyclic) bond motifs is 2. The fourth-order valence-electron chi connectivity index (χ4n) is 4.65. The van der Waals surface area contributed by atoms with E-state index in [0.717, 1.165) is 5.56 Å². The Morgan fingerprint density at radius 1 is 0.974 bits per heavy atom. The SMILES string of the molecule is COc1cc(C(CC(=O)NCc2ccc3c(c2)OCO3)c2c(O)c3ccccc3oc2=O)cc(OC)c1OC. The van der Waals surface area contributed by atoms with Crippen LogP contribution in [-0.4, -0.2) is 39.1 Å². The average molecular weight is 534 g/mol. The molecule has 0 saturated heterocycles. The molecular weight excluding hydrogens is 506 g/mol. The van der Waals surface area contributed by atoms with Gasteiger partial charge in [0.05, 0.1) is 32.3 Å². The van der Waals surface area contributed by atoms with Gasteiger partial charge in [0.15, 0.2) is 23.0 Å². The number of aromatic hydroxyl groups is 1. The van der Waals surface area contributed by atoms with E-state index >= 15 is 0 Å². The number of methoxy groups -OCH3 is 3. The first-order chi connectivity index (χ1) is 18.9. The molecule has 10 heteroatoms. The van der Waals surface area contributed by atoms with Gasteiger partial charge in [-0.25, -0.2) is 4.79 Å². The monoisotopic (exact) mass is 533 g/mol. The lowest BCUT2D eigenvalue weighted by Gasteiger charge is -2.21. The summed E-state index contributed by atoms with van der Waals surface area (Å²) in [5.74, 6) is 0.745. The van der Waals surface area contributed by atoms with Crippen LogP contribution in [0, 0.1) is 0 Å². The quantitative estimate of drug-likeness (QED) is 0.306. The van der Waals surface area contributed by atoms with Crippen molar-refractivity contribution in [3.05, 3.63) is 81.7 Å². The number of amides is 1. The second kappa shape index (κ2) is 10.9. The van der Waals surface area contributed by atoms with Crippen LogP contribution in [0.3, 0.4) is 0 Å². The summed E-state index contributed by atoms with van der Waals surface area (Å²) in [7, 11) is 4.41. The van der Waals surface area contributed by atoms with Crippen molar-refractivity contribution in [2.24, 2.45) is 0 Å². The molecule has 2 heterocycles. The van der Waals surface area contributed by atoms with Crippen LogP contribution in [0.1, 0.15) is 29.0 Å². The first kappa shape index (κ1) is 25.8. The van der Waals surface area contributed by atoms with Gasteiger partial charge in [-0.05, 0) is 47.5 Å². The lowest BCUT2D eigenvalue weighted by atomic mass is 9.87. The van der Waals surface area contributed by atoms with E-state index in [0.29, 0.717) is 39.7 Å². The second-order valence-corrected chi connectivity index (χ2v) is 8.83. The predicted molar refractivity (Wildman–Crippen MR) is 141 cm³/mol. The number of hydrogen-bond donors (Lipinski definition) is 2. The molecule has 1 aliphatic rings. The molecule has 3 aromatic carbocycles. The molecule has 0 radical (unpaired) electrons. The molecule has 1 unspecified atom stereocenters. The molecule has 202 valence electrons. The van der Waals surface area contributed by atoms with Crippen molar-refractivity contribution in [2.45, 2.75) is 18.9 Å². The van der Waals surface area contributed by atoms with E-state index in [1.54, 1.807) is 48.5 Å². The number of hydrogen-bond acceptors (Lipinski definition) is 9. The van der Waals surface area contributed by atoms with Crippen LogP contribution >= 0.6 is 0 Å². The topological polar surface area (TPSA) is 126 Å². The second-order valence-electron chi connectivity index (χ2n) is 8.83. The predicted octanol–water partition coefficient (Wildman–Crippen LogP) is 4.09. The minimum absolute atomic E-state index is 0.0544. The van der Waals surface area contributed by atoms with Crippen molar-refractivity contribution in [3.8, 4) is 34.5 Å². The first-order valence-corrected chi connectivity index (χ1v) is 12.1. The van der Waals surface area contributed by atoms with Crippen LogP contribution < -0.4 is 34.6 Å². The number of carbonyl (C=O) groups is 1. The number of para-hydroxylation sites is 1. The minimum Gasteiger partial charge on any atom is -0.507 e. The minimum atomic E-state index is -0.906. The van der Waals surface area contributed by atoms with Gasteiger partial charge in [-0.3, -0.25) is 4.79 Å². The highest BCUT2D eigenvalue weighted by Crippen LogP contribution is 2.44. The lowest BCUT2D eigenvalue weighted by molar-refractivity contribution is -0.121. The molecule has 0 bridgehead atoms. The molecule has 1 atom stereocenters. The molecule has 4 aromatic rings. The third-order valence-electron chi connectivity index (χ3n) is 6.57. The summed E-state index contributed by atoms with van der Waals surface area (Å²) in [6, 6.07) is 15.3. The number of ether oxygens (including phenoxy) is 5. The number of rotatable bonds is 9. The Kier molecular flexibility index (Phi) is 7.18. The Morgan fingerprint density at radius 3 is 2.41 bits per heavy atom. The third kappa shape index (κ3) is 5.00. The van der Waals surface area contributed by atoms with E-state index in [-0.39, 0.29) is 42.6 Å². The van der Waals surface area contributed by atoms with Crippen molar-refractivity contribution >= 4 is 16.9 Å². The molecule has 0 spiro atoms. The summed E-state index contributed by atoms with van der Waals surface area (Å²) in [5.41, 5.74) is 0.722. The van der Waals surface area contributed by atoms with Gasteiger partial charge in [-0.15, -0.1) is 0 Å². The first-order valence-electron chi connectivity index (χ1n) is 12.1. The maximum Gasteiger partial charge on any atom is 0.343 e. The summed E-state index contributed by atoms with van der Waals surface area (Å²) in [6.07, 6.45) is -0.181.